The van der Waals surface area contributed by atoms with Crippen molar-refractivity contribution in [3.8, 4) is 0 Å². The third-order valence-electron chi connectivity index (χ3n) is 2.45. The number of aromatic nitrogens is 2. The van der Waals surface area contributed by atoms with Crippen molar-refractivity contribution in [2.24, 2.45) is 12.8 Å². The van der Waals surface area contributed by atoms with Gasteiger partial charge in [-0.3, -0.25) is 4.68 Å². The first-order valence-electron chi connectivity index (χ1n) is 5.78. The quantitative estimate of drug-likeness (QED) is 0.928. The van der Waals surface area contributed by atoms with Crippen LogP contribution in [-0.2, 0) is 13.5 Å². The molecule has 0 aromatic carbocycles. The Morgan fingerprint density at radius 2 is 2.06 bits per heavy atom. The maximum atomic E-state index is 6.18. The van der Waals surface area contributed by atoms with Gasteiger partial charge in [0.15, 0.2) is 0 Å². The maximum absolute atomic E-state index is 6.18. The van der Waals surface area contributed by atoms with Crippen molar-refractivity contribution < 1.29 is 0 Å². The molecule has 0 spiro atoms. The first kappa shape index (κ1) is 15.1. The molecule has 1 aromatic rings. The van der Waals surface area contributed by atoms with Crippen LogP contribution in [0.25, 0.3) is 0 Å². The highest BCUT2D eigenvalue weighted by atomic mass is 79.9. The lowest BCUT2D eigenvalue weighted by molar-refractivity contribution is 0.649. The van der Waals surface area contributed by atoms with Gasteiger partial charge >= 0.3 is 0 Å². The summed E-state index contributed by atoms with van der Waals surface area (Å²) in [6.07, 6.45) is 0.862. The molecular weight excluding hydrogens is 298 g/mol. The summed E-state index contributed by atoms with van der Waals surface area (Å²) in [5.41, 5.74) is 8.39. The zero-order valence-electron chi connectivity index (χ0n) is 11.2. The average Bonchev–Trinajstić information content (AvgIpc) is 2.41. The van der Waals surface area contributed by atoms with Gasteiger partial charge in [0.05, 0.1) is 15.9 Å². The molecule has 17 heavy (non-hydrogen) atoms. The van der Waals surface area contributed by atoms with Crippen molar-refractivity contribution in [1.82, 2.24) is 9.78 Å². The van der Waals surface area contributed by atoms with E-state index < -0.39 is 0 Å². The van der Waals surface area contributed by atoms with E-state index in [1.54, 1.807) is 0 Å². The SMILES string of the molecule is Cc1nn(C)c(CC(N)CSC(C)(C)C)c1Br. The van der Waals surface area contributed by atoms with Crippen molar-refractivity contribution in [2.45, 2.75) is 44.9 Å². The smallest absolute Gasteiger partial charge is 0.0738 e. The molecule has 1 heterocycles. The van der Waals surface area contributed by atoms with E-state index in [1.165, 1.54) is 5.69 Å². The lowest BCUT2D eigenvalue weighted by atomic mass is 10.2. The highest BCUT2D eigenvalue weighted by Crippen LogP contribution is 2.26. The van der Waals surface area contributed by atoms with E-state index in [4.69, 9.17) is 5.73 Å². The highest BCUT2D eigenvalue weighted by molar-refractivity contribution is 9.10. The number of nitrogens with two attached hydrogens (primary N) is 1. The Kier molecular flexibility index (Phi) is 5.10. The van der Waals surface area contributed by atoms with Crippen molar-refractivity contribution in [2.75, 3.05) is 5.75 Å². The van der Waals surface area contributed by atoms with Gasteiger partial charge in [0.25, 0.3) is 0 Å². The van der Waals surface area contributed by atoms with E-state index in [1.807, 2.05) is 30.4 Å². The number of rotatable bonds is 4. The molecule has 0 bridgehead atoms. The second-order valence-electron chi connectivity index (χ2n) is 5.36. The van der Waals surface area contributed by atoms with Gasteiger partial charge in [-0.25, -0.2) is 0 Å². The van der Waals surface area contributed by atoms with Gasteiger partial charge in [-0.15, -0.1) is 0 Å². The first-order chi connectivity index (χ1) is 7.70. The molecule has 0 radical (unpaired) electrons. The number of halogens is 1. The molecule has 0 saturated heterocycles. The molecule has 0 fully saturated rings. The Morgan fingerprint density at radius 1 is 1.47 bits per heavy atom. The Morgan fingerprint density at radius 3 is 2.47 bits per heavy atom. The van der Waals surface area contributed by atoms with Crippen LogP contribution in [0.3, 0.4) is 0 Å². The second-order valence-corrected chi connectivity index (χ2v) is 8.00. The van der Waals surface area contributed by atoms with Crippen molar-refractivity contribution in [1.29, 1.82) is 0 Å². The van der Waals surface area contributed by atoms with Crippen molar-refractivity contribution in [3.63, 3.8) is 0 Å². The minimum Gasteiger partial charge on any atom is -0.327 e. The highest BCUT2D eigenvalue weighted by Gasteiger charge is 2.17. The molecule has 5 heteroatoms. The summed E-state index contributed by atoms with van der Waals surface area (Å²) < 4.78 is 3.29. The Labute approximate surface area is 117 Å². The number of thioether (sulfide) groups is 1. The summed E-state index contributed by atoms with van der Waals surface area (Å²) in [6.45, 7) is 8.65. The van der Waals surface area contributed by atoms with E-state index in [-0.39, 0.29) is 10.8 Å². The molecule has 1 rings (SSSR count). The van der Waals surface area contributed by atoms with Gasteiger partial charge in [0.2, 0.25) is 0 Å². The van der Waals surface area contributed by atoms with Crippen LogP contribution in [0.5, 0.6) is 0 Å². The molecule has 0 amide bonds. The number of hydrogen-bond acceptors (Lipinski definition) is 3. The number of nitrogens with zero attached hydrogens (tertiary/aromatic N) is 2. The monoisotopic (exact) mass is 319 g/mol. The van der Waals surface area contributed by atoms with E-state index in [0.29, 0.717) is 0 Å². The van der Waals surface area contributed by atoms with Gasteiger partial charge in [0, 0.05) is 30.0 Å². The maximum Gasteiger partial charge on any atom is 0.0738 e. The molecule has 3 nitrogen and oxygen atoms in total. The summed E-state index contributed by atoms with van der Waals surface area (Å²) in [6, 6.07) is 0.172. The van der Waals surface area contributed by atoms with Gasteiger partial charge < -0.3 is 5.73 Å². The van der Waals surface area contributed by atoms with Crippen LogP contribution in [0.2, 0.25) is 0 Å². The Bertz CT molecular complexity index is 382. The molecule has 1 aromatic heterocycles. The predicted molar refractivity (Wildman–Crippen MR) is 79.5 cm³/mol. The third-order valence-corrected chi connectivity index (χ3v) is 4.94. The molecule has 0 aliphatic carbocycles. The topological polar surface area (TPSA) is 43.8 Å². The minimum absolute atomic E-state index is 0.172. The van der Waals surface area contributed by atoms with Crippen LogP contribution in [0.4, 0.5) is 0 Å². The number of aryl methyl sites for hydroxylation is 2. The van der Waals surface area contributed by atoms with Gasteiger partial charge in [-0.2, -0.15) is 16.9 Å². The van der Waals surface area contributed by atoms with Crippen LogP contribution in [0.1, 0.15) is 32.2 Å². The fourth-order valence-corrected chi connectivity index (χ4v) is 2.90. The lowest BCUT2D eigenvalue weighted by Gasteiger charge is -2.20. The summed E-state index contributed by atoms with van der Waals surface area (Å²) in [5.74, 6) is 0.972. The molecule has 0 saturated carbocycles. The number of hydrogen-bond donors (Lipinski definition) is 1. The zero-order valence-corrected chi connectivity index (χ0v) is 13.7. The summed E-state index contributed by atoms with van der Waals surface area (Å²) in [4.78, 5) is 0. The fourth-order valence-electron chi connectivity index (χ4n) is 1.57. The largest absolute Gasteiger partial charge is 0.327 e. The van der Waals surface area contributed by atoms with Gasteiger partial charge in [-0.05, 0) is 22.9 Å². The molecule has 2 N–H and O–H groups in total. The summed E-state index contributed by atoms with van der Waals surface area (Å²) in [5, 5.41) is 4.38. The van der Waals surface area contributed by atoms with Crippen LogP contribution in [-0.4, -0.2) is 26.3 Å². The average molecular weight is 320 g/mol. The normalized spacial score (nSPS) is 14.1. The van der Waals surface area contributed by atoms with Crippen molar-refractivity contribution >= 4 is 27.7 Å². The van der Waals surface area contributed by atoms with E-state index in [0.717, 1.165) is 22.3 Å². The molecule has 0 aliphatic heterocycles. The second kappa shape index (κ2) is 5.76. The third kappa shape index (κ3) is 4.64. The van der Waals surface area contributed by atoms with E-state index in [2.05, 4.69) is 41.8 Å². The molecule has 1 atom stereocenters. The Balaban J connectivity index is 2.59. The minimum atomic E-state index is 0.172. The Hall–Kier alpha value is -0.000000000000000111. The lowest BCUT2D eigenvalue weighted by Crippen LogP contribution is -2.29. The van der Waals surface area contributed by atoms with Crippen LogP contribution in [0.15, 0.2) is 4.47 Å². The van der Waals surface area contributed by atoms with Crippen LogP contribution in [0, 0.1) is 6.92 Å². The predicted octanol–water partition coefficient (Wildman–Crippen LogP) is 2.89. The van der Waals surface area contributed by atoms with E-state index in [9.17, 15) is 0 Å². The van der Waals surface area contributed by atoms with Crippen LogP contribution >= 0.6 is 27.7 Å². The molecule has 1 unspecified atom stereocenters. The summed E-state index contributed by atoms with van der Waals surface area (Å²) in [7, 11) is 1.97. The first-order valence-corrected chi connectivity index (χ1v) is 7.56. The van der Waals surface area contributed by atoms with Crippen LogP contribution < -0.4 is 5.73 Å². The molecule has 0 aliphatic rings. The van der Waals surface area contributed by atoms with Gasteiger partial charge in [0.1, 0.15) is 0 Å². The van der Waals surface area contributed by atoms with E-state index >= 15 is 0 Å². The standard InChI is InChI=1S/C12H22BrN3S/c1-8-11(13)10(16(5)15-8)6-9(14)7-17-12(2,3)4/h9H,6-7,14H2,1-5H3. The molecular formula is C12H22BrN3S. The molecule has 98 valence electrons. The van der Waals surface area contributed by atoms with Gasteiger partial charge in [-0.1, -0.05) is 20.8 Å². The fraction of sp³-hybridized carbons (Fsp3) is 0.750. The summed E-state index contributed by atoms with van der Waals surface area (Å²) >= 11 is 5.48. The zero-order chi connectivity index (χ0) is 13.2. The van der Waals surface area contributed by atoms with Crippen molar-refractivity contribution in [3.05, 3.63) is 15.9 Å².